The van der Waals surface area contributed by atoms with Gasteiger partial charge in [-0.05, 0) is 18.4 Å². The molecule has 3 nitrogen and oxygen atoms in total. The number of halogens is 1. The Kier molecular flexibility index (Phi) is 7.34. The van der Waals surface area contributed by atoms with E-state index in [1.54, 1.807) is 5.01 Å². The highest BCUT2D eigenvalue weighted by Crippen LogP contribution is 2.03. The SMILES string of the molecule is CN(N)CC[C@@H](N)Cc1ccccc1.Cl. The first-order chi connectivity index (χ1) is 6.68. The van der Waals surface area contributed by atoms with Crippen molar-refractivity contribution in [2.45, 2.75) is 18.9 Å². The number of hydrazine groups is 1. The van der Waals surface area contributed by atoms with Crippen LogP contribution < -0.4 is 11.6 Å². The van der Waals surface area contributed by atoms with Gasteiger partial charge in [0, 0.05) is 19.6 Å². The monoisotopic (exact) mass is 229 g/mol. The van der Waals surface area contributed by atoms with Crippen molar-refractivity contribution < 1.29 is 0 Å². The van der Waals surface area contributed by atoms with Gasteiger partial charge in [0.2, 0.25) is 0 Å². The summed E-state index contributed by atoms with van der Waals surface area (Å²) in [5.41, 5.74) is 7.26. The van der Waals surface area contributed by atoms with Crippen LogP contribution in [-0.2, 0) is 6.42 Å². The van der Waals surface area contributed by atoms with Crippen LogP contribution in [0.2, 0.25) is 0 Å². The Morgan fingerprint density at radius 2 is 1.87 bits per heavy atom. The third kappa shape index (κ3) is 6.47. The van der Waals surface area contributed by atoms with Crippen molar-refractivity contribution in [3.05, 3.63) is 35.9 Å². The van der Waals surface area contributed by atoms with Crippen LogP contribution in [0.25, 0.3) is 0 Å². The predicted molar refractivity (Wildman–Crippen MR) is 66.8 cm³/mol. The number of rotatable bonds is 5. The van der Waals surface area contributed by atoms with Gasteiger partial charge in [-0.2, -0.15) is 0 Å². The number of benzene rings is 1. The van der Waals surface area contributed by atoms with Crippen LogP contribution in [0.1, 0.15) is 12.0 Å². The Hall–Kier alpha value is -0.610. The summed E-state index contributed by atoms with van der Waals surface area (Å²) >= 11 is 0. The molecule has 0 saturated carbocycles. The van der Waals surface area contributed by atoms with Gasteiger partial charge in [-0.3, -0.25) is 10.9 Å². The molecule has 0 aliphatic heterocycles. The largest absolute Gasteiger partial charge is 0.327 e. The van der Waals surface area contributed by atoms with Crippen LogP contribution in [0.3, 0.4) is 0 Å². The van der Waals surface area contributed by atoms with Crippen molar-refractivity contribution in [1.29, 1.82) is 0 Å². The maximum atomic E-state index is 5.97. The summed E-state index contributed by atoms with van der Waals surface area (Å²) in [6, 6.07) is 10.5. The van der Waals surface area contributed by atoms with Crippen molar-refractivity contribution in [2.24, 2.45) is 11.6 Å². The third-order valence-corrected chi connectivity index (χ3v) is 2.19. The van der Waals surface area contributed by atoms with Gasteiger partial charge in [-0.1, -0.05) is 30.3 Å². The molecule has 4 N–H and O–H groups in total. The lowest BCUT2D eigenvalue weighted by Crippen LogP contribution is -2.33. The van der Waals surface area contributed by atoms with Gasteiger partial charge in [0.05, 0.1) is 0 Å². The third-order valence-electron chi connectivity index (χ3n) is 2.19. The number of hydrogen-bond acceptors (Lipinski definition) is 3. The molecule has 0 amide bonds. The Balaban J connectivity index is 0.00000196. The van der Waals surface area contributed by atoms with Crippen molar-refractivity contribution in [2.75, 3.05) is 13.6 Å². The van der Waals surface area contributed by atoms with Crippen molar-refractivity contribution >= 4 is 12.4 Å². The minimum atomic E-state index is 0. The molecule has 0 radical (unpaired) electrons. The van der Waals surface area contributed by atoms with E-state index in [1.807, 2.05) is 25.2 Å². The van der Waals surface area contributed by atoms with Gasteiger partial charge in [0.15, 0.2) is 0 Å². The van der Waals surface area contributed by atoms with Crippen LogP contribution in [0.4, 0.5) is 0 Å². The fourth-order valence-corrected chi connectivity index (χ4v) is 1.39. The van der Waals surface area contributed by atoms with Gasteiger partial charge in [-0.15, -0.1) is 12.4 Å². The zero-order valence-electron chi connectivity index (χ0n) is 9.10. The quantitative estimate of drug-likeness (QED) is 0.589. The van der Waals surface area contributed by atoms with E-state index in [9.17, 15) is 0 Å². The lowest BCUT2D eigenvalue weighted by molar-refractivity contribution is 0.329. The summed E-state index contributed by atoms with van der Waals surface area (Å²) in [6.07, 6.45) is 1.86. The minimum Gasteiger partial charge on any atom is -0.327 e. The molecular formula is C11H20ClN3. The molecule has 0 aliphatic rings. The summed E-state index contributed by atoms with van der Waals surface area (Å²) in [5.74, 6) is 5.51. The Labute approximate surface area is 97.8 Å². The average molecular weight is 230 g/mol. The number of nitrogens with zero attached hydrogens (tertiary/aromatic N) is 1. The predicted octanol–water partition coefficient (Wildman–Crippen LogP) is 1.17. The highest BCUT2D eigenvalue weighted by molar-refractivity contribution is 5.85. The van der Waals surface area contributed by atoms with Gasteiger partial charge in [0.1, 0.15) is 0 Å². The highest BCUT2D eigenvalue weighted by Gasteiger charge is 2.04. The molecule has 1 aromatic carbocycles. The van der Waals surface area contributed by atoms with Crippen LogP contribution in [0, 0.1) is 0 Å². The van der Waals surface area contributed by atoms with Gasteiger partial charge in [-0.25, -0.2) is 0 Å². The number of hydrogen-bond donors (Lipinski definition) is 2. The van der Waals surface area contributed by atoms with Crippen molar-refractivity contribution in [3.63, 3.8) is 0 Å². The molecule has 0 bridgehead atoms. The van der Waals surface area contributed by atoms with E-state index < -0.39 is 0 Å². The maximum Gasteiger partial charge on any atom is 0.0140 e. The molecule has 86 valence electrons. The molecule has 1 aromatic rings. The maximum absolute atomic E-state index is 5.97. The second-order valence-corrected chi connectivity index (χ2v) is 3.72. The van der Waals surface area contributed by atoms with E-state index >= 15 is 0 Å². The summed E-state index contributed by atoms with van der Waals surface area (Å²) < 4.78 is 0. The average Bonchev–Trinajstić information content (AvgIpc) is 2.16. The molecule has 0 aromatic heterocycles. The Bertz CT molecular complexity index is 251. The molecule has 15 heavy (non-hydrogen) atoms. The zero-order chi connectivity index (χ0) is 10.4. The summed E-state index contributed by atoms with van der Waals surface area (Å²) in [5, 5.41) is 1.67. The van der Waals surface area contributed by atoms with E-state index in [0.29, 0.717) is 0 Å². The van der Waals surface area contributed by atoms with Gasteiger partial charge >= 0.3 is 0 Å². The first-order valence-electron chi connectivity index (χ1n) is 4.94. The summed E-state index contributed by atoms with van der Waals surface area (Å²) in [4.78, 5) is 0. The van der Waals surface area contributed by atoms with Crippen LogP contribution in [-0.4, -0.2) is 24.6 Å². The minimum absolute atomic E-state index is 0. The van der Waals surface area contributed by atoms with Crippen molar-refractivity contribution in [3.8, 4) is 0 Å². The second-order valence-electron chi connectivity index (χ2n) is 3.72. The highest BCUT2D eigenvalue weighted by atomic mass is 35.5. The molecule has 0 spiro atoms. The van der Waals surface area contributed by atoms with Crippen LogP contribution >= 0.6 is 12.4 Å². The fourth-order valence-electron chi connectivity index (χ4n) is 1.39. The topological polar surface area (TPSA) is 55.3 Å². The standard InChI is InChI=1S/C11H19N3.ClH/c1-14(13)8-7-11(12)9-10-5-3-2-4-6-10;/h2-6,11H,7-9,12-13H2,1H3;1H/t11-;/m1./s1. The molecule has 0 fully saturated rings. The van der Waals surface area contributed by atoms with E-state index in [-0.39, 0.29) is 18.4 Å². The first-order valence-corrected chi connectivity index (χ1v) is 4.94. The normalized spacial score (nSPS) is 12.3. The van der Waals surface area contributed by atoms with Crippen LogP contribution in [0.15, 0.2) is 30.3 Å². The summed E-state index contributed by atoms with van der Waals surface area (Å²) in [6.45, 7) is 0.841. The van der Waals surface area contributed by atoms with Crippen LogP contribution in [0.5, 0.6) is 0 Å². The molecule has 0 unspecified atom stereocenters. The van der Waals surface area contributed by atoms with E-state index in [0.717, 1.165) is 19.4 Å². The smallest absolute Gasteiger partial charge is 0.0140 e. The summed E-state index contributed by atoms with van der Waals surface area (Å²) in [7, 11) is 1.86. The lowest BCUT2D eigenvalue weighted by Gasteiger charge is -2.14. The molecule has 4 heteroatoms. The Morgan fingerprint density at radius 3 is 2.40 bits per heavy atom. The molecular weight excluding hydrogens is 210 g/mol. The molecule has 0 saturated heterocycles. The first kappa shape index (κ1) is 14.4. The molecule has 0 aliphatic carbocycles. The molecule has 1 atom stereocenters. The fraction of sp³-hybridized carbons (Fsp3) is 0.455. The second kappa shape index (κ2) is 7.65. The molecule has 0 heterocycles. The van der Waals surface area contributed by atoms with Gasteiger partial charge < -0.3 is 5.73 Å². The van der Waals surface area contributed by atoms with E-state index in [2.05, 4.69) is 12.1 Å². The van der Waals surface area contributed by atoms with E-state index in [4.69, 9.17) is 11.6 Å². The Morgan fingerprint density at radius 1 is 1.27 bits per heavy atom. The zero-order valence-corrected chi connectivity index (χ0v) is 9.91. The number of nitrogens with two attached hydrogens (primary N) is 2. The van der Waals surface area contributed by atoms with Gasteiger partial charge in [0.25, 0.3) is 0 Å². The molecule has 1 rings (SSSR count). The lowest BCUT2D eigenvalue weighted by atomic mass is 10.0. The van der Waals surface area contributed by atoms with E-state index in [1.165, 1.54) is 5.56 Å². The van der Waals surface area contributed by atoms with Crippen molar-refractivity contribution in [1.82, 2.24) is 5.01 Å².